The molecule has 3 N–H and O–H groups in total. The van der Waals surface area contributed by atoms with Crippen LogP contribution in [-0.4, -0.2) is 69.7 Å². The molecule has 1 aromatic carbocycles. The summed E-state index contributed by atoms with van der Waals surface area (Å²) in [5.41, 5.74) is 0.654. The fourth-order valence-electron chi connectivity index (χ4n) is 3.59. The molecule has 0 spiro atoms. The van der Waals surface area contributed by atoms with Crippen LogP contribution in [0.1, 0.15) is 37.0 Å². The van der Waals surface area contributed by atoms with Gasteiger partial charge in [-0.1, -0.05) is 19.9 Å². The van der Waals surface area contributed by atoms with E-state index in [1.54, 1.807) is 25.3 Å². The van der Waals surface area contributed by atoms with E-state index in [4.69, 9.17) is 4.74 Å². The Hall–Kier alpha value is -1.96. The standard InChI is InChI=1S/C21H34N4O3/c1-4-25(5-2)14-13-23-19(26)17-7-6-8-18(15-17)24-20(27)21(16-28-3)9-11-22-12-10-21/h6-8,15,22H,4-5,9-14,16H2,1-3H3,(H,23,26)(H,24,27). The molecule has 1 aliphatic heterocycles. The Morgan fingerprint density at radius 3 is 2.57 bits per heavy atom. The van der Waals surface area contributed by atoms with Crippen LogP contribution in [0, 0.1) is 5.41 Å². The molecule has 0 bridgehead atoms. The SMILES string of the molecule is CCN(CC)CCNC(=O)c1cccc(NC(=O)C2(COC)CCNCC2)c1. The number of rotatable bonds is 10. The van der Waals surface area contributed by atoms with Gasteiger partial charge in [-0.05, 0) is 57.2 Å². The summed E-state index contributed by atoms with van der Waals surface area (Å²) in [7, 11) is 1.63. The summed E-state index contributed by atoms with van der Waals surface area (Å²) >= 11 is 0. The van der Waals surface area contributed by atoms with E-state index in [0.29, 0.717) is 24.4 Å². The molecule has 7 nitrogen and oxygen atoms in total. The molecule has 1 fully saturated rings. The van der Waals surface area contributed by atoms with Gasteiger partial charge in [-0.25, -0.2) is 0 Å². The fourth-order valence-corrected chi connectivity index (χ4v) is 3.59. The number of benzene rings is 1. The number of hydrogen-bond donors (Lipinski definition) is 3. The molecule has 1 aromatic rings. The Balaban J connectivity index is 1.98. The van der Waals surface area contributed by atoms with Crippen molar-refractivity contribution in [1.29, 1.82) is 0 Å². The van der Waals surface area contributed by atoms with Crippen LogP contribution in [0.5, 0.6) is 0 Å². The zero-order valence-electron chi connectivity index (χ0n) is 17.3. The maximum absolute atomic E-state index is 12.9. The van der Waals surface area contributed by atoms with Gasteiger partial charge in [-0.15, -0.1) is 0 Å². The van der Waals surface area contributed by atoms with Gasteiger partial charge < -0.3 is 25.6 Å². The number of piperidine rings is 1. The molecule has 2 rings (SSSR count). The highest BCUT2D eigenvalue weighted by molar-refractivity contribution is 5.98. The van der Waals surface area contributed by atoms with Gasteiger partial charge in [0.05, 0.1) is 12.0 Å². The van der Waals surface area contributed by atoms with Gasteiger partial charge in [0.25, 0.3) is 5.91 Å². The van der Waals surface area contributed by atoms with E-state index < -0.39 is 5.41 Å². The van der Waals surface area contributed by atoms with Crippen LogP contribution in [0.3, 0.4) is 0 Å². The number of hydrogen-bond acceptors (Lipinski definition) is 5. The van der Waals surface area contributed by atoms with Crippen molar-refractivity contribution in [3.05, 3.63) is 29.8 Å². The first-order valence-electron chi connectivity index (χ1n) is 10.2. The minimum Gasteiger partial charge on any atom is -0.384 e. The van der Waals surface area contributed by atoms with Crippen molar-refractivity contribution in [3.63, 3.8) is 0 Å². The van der Waals surface area contributed by atoms with Crippen molar-refractivity contribution in [1.82, 2.24) is 15.5 Å². The molecule has 156 valence electrons. The average molecular weight is 391 g/mol. The van der Waals surface area contributed by atoms with E-state index in [9.17, 15) is 9.59 Å². The van der Waals surface area contributed by atoms with Crippen molar-refractivity contribution in [3.8, 4) is 0 Å². The number of ether oxygens (including phenoxy) is 1. The number of carbonyl (C=O) groups excluding carboxylic acids is 2. The van der Waals surface area contributed by atoms with Crippen LogP contribution in [0.25, 0.3) is 0 Å². The minimum absolute atomic E-state index is 0.0464. The largest absolute Gasteiger partial charge is 0.384 e. The second-order valence-electron chi connectivity index (χ2n) is 7.28. The summed E-state index contributed by atoms with van der Waals surface area (Å²) in [5.74, 6) is -0.174. The van der Waals surface area contributed by atoms with Crippen LogP contribution in [-0.2, 0) is 9.53 Å². The van der Waals surface area contributed by atoms with E-state index in [1.165, 1.54) is 0 Å². The topological polar surface area (TPSA) is 82.7 Å². The average Bonchev–Trinajstić information content (AvgIpc) is 2.72. The molecule has 0 aromatic heterocycles. The van der Waals surface area contributed by atoms with E-state index >= 15 is 0 Å². The van der Waals surface area contributed by atoms with Crippen LogP contribution in [0.15, 0.2) is 24.3 Å². The van der Waals surface area contributed by atoms with Crippen molar-refractivity contribution < 1.29 is 14.3 Å². The molecule has 1 heterocycles. The van der Waals surface area contributed by atoms with E-state index in [2.05, 4.69) is 34.7 Å². The molecule has 28 heavy (non-hydrogen) atoms. The zero-order chi connectivity index (χ0) is 20.4. The van der Waals surface area contributed by atoms with Crippen molar-refractivity contribution in [2.45, 2.75) is 26.7 Å². The molecule has 0 atom stereocenters. The lowest BCUT2D eigenvalue weighted by atomic mass is 9.78. The molecule has 2 amide bonds. The Kier molecular flexibility index (Phi) is 8.89. The molecule has 7 heteroatoms. The third kappa shape index (κ3) is 6.02. The third-order valence-electron chi connectivity index (χ3n) is 5.45. The van der Waals surface area contributed by atoms with E-state index in [-0.39, 0.29) is 11.8 Å². The smallest absolute Gasteiger partial charge is 0.251 e. The molecule has 0 radical (unpaired) electrons. The highest BCUT2D eigenvalue weighted by atomic mass is 16.5. The lowest BCUT2D eigenvalue weighted by Crippen LogP contribution is -2.47. The molecule has 1 saturated heterocycles. The quantitative estimate of drug-likeness (QED) is 0.567. The predicted molar refractivity (Wildman–Crippen MR) is 112 cm³/mol. The fraction of sp³-hybridized carbons (Fsp3) is 0.619. The summed E-state index contributed by atoms with van der Waals surface area (Å²) < 4.78 is 5.33. The zero-order valence-corrected chi connectivity index (χ0v) is 17.3. The van der Waals surface area contributed by atoms with Gasteiger partial charge in [0, 0.05) is 31.5 Å². The third-order valence-corrected chi connectivity index (χ3v) is 5.45. The van der Waals surface area contributed by atoms with Gasteiger partial charge in [-0.2, -0.15) is 0 Å². The number of methoxy groups -OCH3 is 1. The summed E-state index contributed by atoms with van der Waals surface area (Å²) in [5, 5.41) is 9.22. The van der Waals surface area contributed by atoms with E-state index in [1.807, 2.05) is 6.07 Å². The van der Waals surface area contributed by atoms with E-state index in [0.717, 1.165) is 45.6 Å². The van der Waals surface area contributed by atoms with Gasteiger partial charge in [-0.3, -0.25) is 9.59 Å². The Bertz CT molecular complexity index is 635. The number of likely N-dealkylation sites (N-methyl/N-ethyl adjacent to an activating group) is 1. The summed E-state index contributed by atoms with van der Waals surface area (Å²) in [6, 6.07) is 7.09. The Labute approximate surface area is 168 Å². The van der Waals surface area contributed by atoms with Gasteiger partial charge >= 0.3 is 0 Å². The molecule has 0 saturated carbocycles. The molecular formula is C21H34N4O3. The lowest BCUT2D eigenvalue weighted by molar-refractivity contribution is -0.130. The number of nitrogens with one attached hydrogen (secondary N) is 3. The highest BCUT2D eigenvalue weighted by Crippen LogP contribution is 2.31. The molecule has 0 unspecified atom stereocenters. The van der Waals surface area contributed by atoms with Gasteiger partial charge in [0.1, 0.15) is 0 Å². The van der Waals surface area contributed by atoms with Crippen LogP contribution in [0.2, 0.25) is 0 Å². The highest BCUT2D eigenvalue weighted by Gasteiger charge is 2.39. The number of carbonyl (C=O) groups is 2. The van der Waals surface area contributed by atoms with Crippen molar-refractivity contribution in [2.75, 3.05) is 58.3 Å². The molecular weight excluding hydrogens is 356 g/mol. The monoisotopic (exact) mass is 390 g/mol. The maximum atomic E-state index is 12.9. The van der Waals surface area contributed by atoms with Crippen molar-refractivity contribution in [2.24, 2.45) is 5.41 Å². The Morgan fingerprint density at radius 2 is 1.93 bits per heavy atom. The molecule has 0 aliphatic carbocycles. The number of anilines is 1. The lowest BCUT2D eigenvalue weighted by Gasteiger charge is -2.35. The summed E-state index contributed by atoms with van der Waals surface area (Å²) in [6.45, 7) is 9.55. The first-order valence-corrected chi connectivity index (χ1v) is 10.2. The second-order valence-corrected chi connectivity index (χ2v) is 7.28. The van der Waals surface area contributed by atoms with Crippen LogP contribution in [0.4, 0.5) is 5.69 Å². The van der Waals surface area contributed by atoms with Crippen LogP contribution < -0.4 is 16.0 Å². The molecule has 1 aliphatic rings. The van der Waals surface area contributed by atoms with Gasteiger partial charge in [0.2, 0.25) is 5.91 Å². The maximum Gasteiger partial charge on any atom is 0.251 e. The Morgan fingerprint density at radius 1 is 1.21 bits per heavy atom. The predicted octanol–water partition coefficient (Wildman–Crippen LogP) is 1.71. The summed E-state index contributed by atoms with van der Waals surface area (Å²) in [6.07, 6.45) is 1.47. The van der Waals surface area contributed by atoms with Gasteiger partial charge in [0.15, 0.2) is 0 Å². The number of nitrogens with zero attached hydrogens (tertiary/aromatic N) is 1. The van der Waals surface area contributed by atoms with Crippen LogP contribution >= 0.6 is 0 Å². The first-order chi connectivity index (χ1) is 13.5. The normalized spacial score (nSPS) is 16.0. The van der Waals surface area contributed by atoms with Crippen molar-refractivity contribution >= 4 is 17.5 Å². The first kappa shape index (κ1) is 22.3. The number of amides is 2. The minimum atomic E-state index is -0.526. The second kappa shape index (κ2) is 11.1. The summed E-state index contributed by atoms with van der Waals surface area (Å²) in [4.78, 5) is 27.6.